The van der Waals surface area contributed by atoms with Crippen LogP contribution < -0.4 is 11.1 Å². The number of rotatable bonds is 1. The standard InChI is InChI=1S/C13H21N5/c1-9-8-10(2)16-13(15-9)17-12(14)18-7-5-4-6-11(18)3/h8,11H,4-7H2,1-3H3,(H2,14,15,16,17)/p+1/t11-/m1/s1. The Hall–Kier alpha value is -1.65. The van der Waals surface area contributed by atoms with Gasteiger partial charge in [-0.1, -0.05) is 0 Å². The van der Waals surface area contributed by atoms with Gasteiger partial charge in [-0.2, -0.15) is 0 Å². The quantitative estimate of drug-likeness (QED) is 0.582. The Morgan fingerprint density at radius 2 is 2.00 bits per heavy atom. The summed E-state index contributed by atoms with van der Waals surface area (Å²) in [6.45, 7) is 7.12. The molecule has 1 aliphatic heterocycles. The molecule has 98 valence electrons. The molecule has 5 heteroatoms. The lowest BCUT2D eigenvalue weighted by Gasteiger charge is -2.22. The van der Waals surface area contributed by atoms with E-state index in [9.17, 15) is 0 Å². The first kappa shape index (κ1) is 12.8. The van der Waals surface area contributed by atoms with Gasteiger partial charge in [0.15, 0.2) is 0 Å². The number of hydrogen-bond acceptors (Lipinski definition) is 2. The van der Waals surface area contributed by atoms with Crippen molar-refractivity contribution >= 4 is 11.9 Å². The lowest BCUT2D eigenvalue weighted by Crippen LogP contribution is -2.42. The molecule has 0 aromatic carbocycles. The SMILES string of the molecule is Cc1cc(C)nc(NC(N)=[N+]2CCCC[C@H]2C)n1. The Kier molecular flexibility index (Phi) is 3.79. The zero-order chi connectivity index (χ0) is 13.1. The van der Waals surface area contributed by atoms with Crippen LogP contribution in [0.25, 0.3) is 0 Å². The summed E-state index contributed by atoms with van der Waals surface area (Å²) in [6.07, 6.45) is 3.67. The van der Waals surface area contributed by atoms with Crippen molar-refractivity contribution in [2.24, 2.45) is 5.73 Å². The van der Waals surface area contributed by atoms with Gasteiger partial charge in [0.05, 0.1) is 12.6 Å². The topological polar surface area (TPSA) is 66.8 Å². The predicted molar refractivity (Wildman–Crippen MR) is 72.8 cm³/mol. The molecule has 0 saturated carbocycles. The summed E-state index contributed by atoms with van der Waals surface area (Å²) < 4.78 is 2.20. The summed E-state index contributed by atoms with van der Waals surface area (Å²) in [6, 6.07) is 2.43. The highest BCUT2D eigenvalue weighted by atomic mass is 15.3. The summed E-state index contributed by atoms with van der Waals surface area (Å²) in [4.78, 5) is 8.69. The molecule has 0 bridgehead atoms. The molecule has 1 aromatic rings. The van der Waals surface area contributed by atoms with E-state index in [0.29, 0.717) is 17.9 Å². The summed E-state index contributed by atoms with van der Waals surface area (Å²) in [5.41, 5.74) is 8.02. The summed E-state index contributed by atoms with van der Waals surface area (Å²) in [5, 5.41) is 3.12. The molecule has 0 amide bonds. The van der Waals surface area contributed by atoms with Crippen LogP contribution in [0.3, 0.4) is 0 Å². The molecular formula is C13H22N5+. The molecule has 18 heavy (non-hydrogen) atoms. The largest absolute Gasteiger partial charge is 0.351 e. The van der Waals surface area contributed by atoms with E-state index in [1.54, 1.807) is 0 Å². The molecule has 2 rings (SSSR count). The van der Waals surface area contributed by atoms with Gasteiger partial charge in [-0.15, -0.1) is 0 Å². The first-order chi connectivity index (χ1) is 8.56. The van der Waals surface area contributed by atoms with Crippen LogP contribution in [0.15, 0.2) is 6.07 Å². The first-order valence-corrected chi connectivity index (χ1v) is 6.54. The van der Waals surface area contributed by atoms with Crippen LogP contribution in [0.4, 0.5) is 5.95 Å². The molecular weight excluding hydrogens is 226 g/mol. The Labute approximate surface area is 108 Å². The third-order valence-electron chi connectivity index (χ3n) is 3.33. The van der Waals surface area contributed by atoms with Gasteiger partial charge >= 0.3 is 5.96 Å². The number of aromatic nitrogens is 2. The van der Waals surface area contributed by atoms with Gasteiger partial charge in [0, 0.05) is 11.4 Å². The van der Waals surface area contributed by atoms with Crippen LogP contribution in [0.2, 0.25) is 0 Å². The van der Waals surface area contributed by atoms with Crippen molar-refractivity contribution in [3.05, 3.63) is 17.5 Å². The average Bonchev–Trinajstić information content (AvgIpc) is 2.27. The maximum atomic E-state index is 6.12. The fourth-order valence-corrected chi connectivity index (χ4v) is 2.42. The van der Waals surface area contributed by atoms with Gasteiger partial charge in [-0.3, -0.25) is 10.3 Å². The molecule has 2 heterocycles. The van der Waals surface area contributed by atoms with Crippen molar-refractivity contribution in [1.82, 2.24) is 9.97 Å². The number of nitrogens with zero attached hydrogens (tertiary/aromatic N) is 3. The number of anilines is 1. The second-order valence-electron chi connectivity index (χ2n) is 5.02. The van der Waals surface area contributed by atoms with Gasteiger partial charge in [-0.05, 0) is 46.1 Å². The number of hydrogen-bond donors (Lipinski definition) is 2. The zero-order valence-corrected chi connectivity index (χ0v) is 11.4. The Morgan fingerprint density at radius 1 is 1.33 bits per heavy atom. The molecule has 1 aliphatic rings. The molecule has 0 unspecified atom stereocenters. The number of guanidine groups is 1. The monoisotopic (exact) mass is 248 g/mol. The zero-order valence-electron chi connectivity index (χ0n) is 11.4. The number of aryl methyl sites for hydroxylation is 2. The highest BCUT2D eigenvalue weighted by Gasteiger charge is 2.20. The molecule has 1 saturated heterocycles. The van der Waals surface area contributed by atoms with Crippen LogP contribution >= 0.6 is 0 Å². The van der Waals surface area contributed by atoms with Crippen molar-refractivity contribution in [2.45, 2.75) is 46.1 Å². The minimum atomic E-state index is 0.483. The van der Waals surface area contributed by atoms with Crippen molar-refractivity contribution in [1.29, 1.82) is 0 Å². The third-order valence-corrected chi connectivity index (χ3v) is 3.33. The molecule has 1 aromatic heterocycles. The van der Waals surface area contributed by atoms with Crippen LogP contribution in [-0.2, 0) is 0 Å². The van der Waals surface area contributed by atoms with Gasteiger partial charge in [0.25, 0.3) is 5.95 Å². The van der Waals surface area contributed by atoms with Crippen LogP contribution in [-0.4, -0.2) is 33.1 Å². The van der Waals surface area contributed by atoms with E-state index in [0.717, 1.165) is 17.9 Å². The molecule has 3 N–H and O–H groups in total. The third kappa shape index (κ3) is 2.97. The van der Waals surface area contributed by atoms with Gasteiger partial charge in [0.2, 0.25) is 0 Å². The Balaban J connectivity index is 2.19. The van der Waals surface area contributed by atoms with Crippen molar-refractivity contribution in [3.8, 4) is 0 Å². The number of nitrogens with one attached hydrogen (secondary N) is 1. The van der Waals surface area contributed by atoms with E-state index in [-0.39, 0.29) is 0 Å². The predicted octanol–water partition coefficient (Wildman–Crippen LogP) is 1.40. The van der Waals surface area contributed by atoms with E-state index in [2.05, 4.69) is 26.8 Å². The highest BCUT2D eigenvalue weighted by Crippen LogP contribution is 2.12. The highest BCUT2D eigenvalue weighted by molar-refractivity contribution is 5.86. The Morgan fingerprint density at radius 3 is 2.61 bits per heavy atom. The lowest BCUT2D eigenvalue weighted by atomic mass is 10.1. The van der Waals surface area contributed by atoms with Gasteiger partial charge in [0.1, 0.15) is 0 Å². The number of nitrogens with two attached hydrogens (primary N) is 1. The van der Waals surface area contributed by atoms with E-state index >= 15 is 0 Å². The minimum Gasteiger partial charge on any atom is -0.290 e. The van der Waals surface area contributed by atoms with Crippen LogP contribution in [0.1, 0.15) is 37.6 Å². The van der Waals surface area contributed by atoms with Crippen molar-refractivity contribution < 1.29 is 4.58 Å². The molecule has 0 aliphatic carbocycles. The molecule has 0 radical (unpaired) electrons. The van der Waals surface area contributed by atoms with Crippen LogP contribution in [0.5, 0.6) is 0 Å². The van der Waals surface area contributed by atoms with E-state index in [1.807, 2.05) is 19.9 Å². The summed E-state index contributed by atoms with van der Waals surface area (Å²) in [7, 11) is 0. The van der Waals surface area contributed by atoms with E-state index in [4.69, 9.17) is 5.73 Å². The Bertz CT molecular complexity index is 446. The first-order valence-electron chi connectivity index (χ1n) is 6.54. The van der Waals surface area contributed by atoms with Crippen molar-refractivity contribution in [2.75, 3.05) is 11.9 Å². The number of piperidine rings is 1. The van der Waals surface area contributed by atoms with Gasteiger partial charge < -0.3 is 0 Å². The van der Waals surface area contributed by atoms with E-state index in [1.165, 1.54) is 19.3 Å². The normalized spacial score (nSPS) is 22.7. The fraction of sp³-hybridized carbons (Fsp3) is 0.615. The second-order valence-corrected chi connectivity index (χ2v) is 5.02. The molecule has 1 fully saturated rings. The average molecular weight is 248 g/mol. The fourth-order valence-electron chi connectivity index (χ4n) is 2.42. The summed E-state index contributed by atoms with van der Waals surface area (Å²) in [5.74, 6) is 1.25. The van der Waals surface area contributed by atoms with E-state index < -0.39 is 0 Å². The maximum absolute atomic E-state index is 6.12. The van der Waals surface area contributed by atoms with Crippen LogP contribution in [0, 0.1) is 13.8 Å². The lowest BCUT2D eigenvalue weighted by molar-refractivity contribution is -0.573. The van der Waals surface area contributed by atoms with Gasteiger partial charge in [-0.25, -0.2) is 15.3 Å². The molecule has 0 spiro atoms. The molecule has 5 nitrogen and oxygen atoms in total. The van der Waals surface area contributed by atoms with Crippen molar-refractivity contribution in [3.63, 3.8) is 0 Å². The smallest absolute Gasteiger partial charge is 0.290 e. The summed E-state index contributed by atoms with van der Waals surface area (Å²) >= 11 is 0. The molecule has 1 atom stereocenters. The maximum Gasteiger partial charge on any atom is 0.351 e. The second kappa shape index (κ2) is 5.33. The minimum absolute atomic E-state index is 0.483.